The molecule has 18 heavy (non-hydrogen) atoms. The number of piperidine rings is 1. The highest BCUT2D eigenvalue weighted by Crippen LogP contribution is 2.37. The van der Waals surface area contributed by atoms with Crippen LogP contribution in [0.3, 0.4) is 0 Å². The molecule has 0 spiro atoms. The molecule has 2 fully saturated rings. The van der Waals surface area contributed by atoms with Gasteiger partial charge in [-0.15, -0.1) is 0 Å². The lowest BCUT2D eigenvalue weighted by molar-refractivity contribution is 0.0549. The molecule has 2 N–H and O–H groups in total. The minimum Gasteiger partial charge on any atom is -0.398 e. The highest BCUT2D eigenvalue weighted by Gasteiger charge is 2.37. The van der Waals surface area contributed by atoms with Crippen molar-refractivity contribution in [2.75, 3.05) is 12.3 Å². The normalized spacial score (nSPS) is 27.0. The van der Waals surface area contributed by atoms with Crippen molar-refractivity contribution in [3.8, 4) is 0 Å². The molecule has 0 radical (unpaired) electrons. The van der Waals surface area contributed by atoms with E-state index in [1.165, 1.54) is 19.3 Å². The van der Waals surface area contributed by atoms with Gasteiger partial charge in [0.15, 0.2) is 0 Å². The zero-order chi connectivity index (χ0) is 12.5. The van der Waals surface area contributed by atoms with E-state index >= 15 is 0 Å². The van der Waals surface area contributed by atoms with Gasteiger partial charge in [-0.2, -0.15) is 0 Å². The van der Waals surface area contributed by atoms with Gasteiger partial charge in [-0.25, -0.2) is 0 Å². The molecule has 0 aromatic carbocycles. The van der Waals surface area contributed by atoms with Crippen LogP contribution in [0, 0.1) is 5.92 Å². The van der Waals surface area contributed by atoms with Crippen molar-refractivity contribution in [1.29, 1.82) is 0 Å². The second-order valence-corrected chi connectivity index (χ2v) is 5.36. The molecule has 2 aliphatic rings. The average molecular weight is 245 g/mol. The molecule has 2 heterocycles. The van der Waals surface area contributed by atoms with Gasteiger partial charge in [0, 0.05) is 30.7 Å². The number of carbonyl (C=O) groups is 1. The number of likely N-dealkylation sites (tertiary alicyclic amines) is 1. The third-order valence-corrected chi connectivity index (χ3v) is 4.34. The topological polar surface area (TPSA) is 59.2 Å². The van der Waals surface area contributed by atoms with Crippen LogP contribution in [0.15, 0.2) is 18.5 Å². The Hall–Kier alpha value is -1.58. The van der Waals surface area contributed by atoms with E-state index in [4.69, 9.17) is 5.73 Å². The molecule has 3 rings (SSSR count). The Labute approximate surface area is 107 Å². The van der Waals surface area contributed by atoms with Crippen LogP contribution in [0.5, 0.6) is 0 Å². The first-order chi connectivity index (χ1) is 8.77. The Morgan fingerprint density at radius 1 is 1.33 bits per heavy atom. The number of nitrogens with two attached hydrogens (primary N) is 1. The van der Waals surface area contributed by atoms with Crippen LogP contribution in [0.2, 0.25) is 0 Å². The quantitative estimate of drug-likeness (QED) is 0.824. The molecule has 1 aliphatic carbocycles. The Balaban J connectivity index is 1.86. The second kappa shape index (κ2) is 4.59. The van der Waals surface area contributed by atoms with Crippen molar-refractivity contribution in [3.63, 3.8) is 0 Å². The van der Waals surface area contributed by atoms with Gasteiger partial charge < -0.3 is 10.6 Å². The molecule has 1 aromatic heterocycles. The van der Waals surface area contributed by atoms with Gasteiger partial charge in [-0.3, -0.25) is 9.78 Å². The van der Waals surface area contributed by atoms with Gasteiger partial charge in [0.1, 0.15) is 0 Å². The van der Waals surface area contributed by atoms with Crippen LogP contribution in [-0.2, 0) is 0 Å². The SMILES string of the molecule is Nc1ccncc1C(=O)N1CCCC2CCCC21. The average Bonchev–Trinajstić information content (AvgIpc) is 2.86. The molecule has 1 aromatic rings. The largest absolute Gasteiger partial charge is 0.398 e. The molecule has 1 aliphatic heterocycles. The van der Waals surface area contributed by atoms with E-state index in [0.717, 1.165) is 19.4 Å². The van der Waals surface area contributed by atoms with Crippen molar-refractivity contribution < 1.29 is 4.79 Å². The Morgan fingerprint density at radius 2 is 2.17 bits per heavy atom. The maximum absolute atomic E-state index is 12.6. The summed E-state index contributed by atoms with van der Waals surface area (Å²) < 4.78 is 0. The molecule has 4 heteroatoms. The summed E-state index contributed by atoms with van der Waals surface area (Å²) in [5.41, 5.74) is 6.98. The number of nitrogen functional groups attached to an aromatic ring is 1. The molecule has 96 valence electrons. The molecule has 1 saturated heterocycles. The Morgan fingerprint density at radius 3 is 3.00 bits per heavy atom. The van der Waals surface area contributed by atoms with Gasteiger partial charge in [0.25, 0.3) is 5.91 Å². The predicted octanol–water partition coefficient (Wildman–Crippen LogP) is 2.07. The number of rotatable bonds is 1. The molecule has 2 unspecified atom stereocenters. The van der Waals surface area contributed by atoms with Gasteiger partial charge in [0.05, 0.1) is 5.56 Å². The summed E-state index contributed by atoms with van der Waals surface area (Å²) >= 11 is 0. The predicted molar refractivity (Wildman–Crippen MR) is 70.0 cm³/mol. The molecule has 4 nitrogen and oxygen atoms in total. The maximum Gasteiger partial charge on any atom is 0.257 e. The summed E-state index contributed by atoms with van der Waals surface area (Å²) in [5.74, 6) is 0.776. The minimum atomic E-state index is 0.0669. The van der Waals surface area contributed by atoms with Crippen molar-refractivity contribution in [1.82, 2.24) is 9.88 Å². The summed E-state index contributed by atoms with van der Waals surface area (Å²) in [6.45, 7) is 0.869. The van der Waals surface area contributed by atoms with E-state index in [2.05, 4.69) is 4.98 Å². The summed E-state index contributed by atoms with van der Waals surface area (Å²) in [5, 5.41) is 0. The monoisotopic (exact) mass is 245 g/mol. The molecule has 1 amide bonds. The number of hydrogen-bond acceptors (Lipinski definition) is 3. The minimum absolute atomic E-state index is 0.0669. The van der Waals surface area contributed by atoms with Gasteiger partial charge >= 0.3 is 0 Å². The van der Waals surface area contributed by atoms with E-state index in [-0.39, 0.29) is 5.91 Å². The van der Waals surface area contributed by atoms with Crippen molar-refractivity contribution in [3.05, 3.63) is 24.0 Å². The molecule has 1 saturated carbocycles. The van der Waals surface area contributed by atoms with E-state index < -0.39 is 0 Å². The lowest BCUT2D eigenvalue weighted by Gasteiger charge is -2.38. The number of aromatic nitrogens is 1. The van der Waals surface area contributed by atoms with E-state index in [1.807, 2.05) is 4.90 Å². The number of hydrogen-bond donors (Lipinski definition) is 1. The van der Waals surface area contributed by atoms with Crippen molar-refractivity contribution in [2.24, 2.45) is 5.92 Å². The number of pyridine rings is 1. The Kier molecular flexibility index (Phi) is 2.94. The summed E-state index contributed by atoms with van der Waals surface area (Å²) in [6, 6.07) is 2.13. The van der Waals surface area contributed by atoms with Crippen molar-refractivity contribution >= 4 is 11.6 Å². The number of anilines is 1. The third kappa shape index (κ3) is 1.85. The van der Waals surface area contributed by atoms with Crippen LogP contribution in [0.25, 0.3) is 0 Å². The third-order valence-electron chi connectivity index (χ3n) is 4.34. The number of nitrogens with zero attached hydrogens (tertiary/aromatic N) is 2. The lowest BCUT2D eigenvalue weighted by Crippen LogP contribution is -2.46. The fourth-order valence-electron chi connectivity index (χ4n) is 3.44. The smallest absolute Gasteiger partial charge is 0.257 e. The van der Waals surface area contributed by atoms with Gasteiger partial charge in [-0.1, -0.05) is 6.42 Å². The highest BCUT2D eigenvalue weighted by molar-refractivity contribution is 5.99. The summed E-state index contributed by atoms with van der Waals surface area (Å²) in [7, 11) is 0. The first-order valence-electron chi connectivity index (χ1n) is 6.78. The van der Waals surface area contributed by atoms with E-state index in [9.17, 15) is 4.79 Å². The Bertz CT molecular complexity index is 460. The van der Waals surface area contributed by atoms with Gasteiger partial charge in [-0.05, 0) is 37.7 Å². The molecule has 2 atom stereocenters. The van der Waals surface area contributed by atoms with Crippen LogP contribution in [-0.4, -0.2) is 28.4 Å². The lowest BCUT2D eigenvalue weighted by atomic mass is 9.91. The fraction of sp³-hybridized carbons (Fsp3) is 0.571. The molecular formula is C14H19N3O. The van der Waals surface area contributed by atoms with E-state index in [0.29, 0.717) is 23.2 Å². The zero-order valence-corrected chi connectivity index (χ0v) is 10.5. The number of fused-ring (bicyclic) bond motifs is 1. The van der Waals surface area contributed by atoms with Crippen LogP contribution in [0.4, 0.5) is 5.69 Å². The summed E-state index contributed by atoms with van der Waals surface area (Å²) in [6.07, 6.45) is 9.29. The van der Waals surface area contributed by atoms with Crippen LogP contribution in [0.1, 0.15) is 42.5 Å². The van der Waals surface area contributed by atoms with Crippen LogP contribution < -0.4 is 5.73 Å². The first kappa shape index (κ1) is 11.5. The standard InChI is InChI=1S/C14H19N3O/c15-12-6-7-16-9-11(12)14(18)17-8-2-4-10-3-1-5-13(10)17/h6-7,9-10,13H,1-5,8H2,(H2,15,16). The molecule has 0 bridgehead atoms. The number of amides is 1. The van der Waals surface area contributed by atoms with Gasteiger partial charge in [0.2, 0.25) is 0 Å². The van der Waals surface area contributed by atoms with Crippen molar-refractivity contribution in [2.45, 2.75) is 38.1 Å². The maximum atomic E-state index is 12.6. The number of carbonyl (C=O) groups excluding carboxylic acids is 1. The second-order valence-electron chi connectivity index (χ2n) is 5.36. The molecular weight excluding hydrogens is 226 g/mol. The highest BCUT2D eigenvalue weighted by atomic mass is 16.2. The van der Waals surface area contributed by atoms with E-state index in [1.54, 1.807) is 18.5 Å². The fourth-order valence-corrected chi connectivity index (χ4v) is 3.44. The zero-order valence-electron chi connectivity index (χ0n) is 10.5. The first-order valence-corrected chi connectivity index (χ1v) is 6.78. The summed E-state index contributed by atoms with van der Waals surface area (Å²) in [4.78, 5) is 18.6. The van der Waals surface area contributed by atoms with Crippen LogP contribution >= 0.6 is 0 Å².